The smallest absolute Gasteiger partial charge is 0.162 e. The molecule has 22 heavy (non-hydrogen) atoms. The van der Waals surface area contributed by atoms with Crippen LogP contribution in [0.15, 0.2) is 30.3 Å². The van der Waals surface area contributed by atoms with Gasteiger partial charge in [-0.3, -0.25) is 9.48 Å². The molecule has 0 saturated carbocycles. The van der Waals surface area contributed by atoms with Crippen LogP contribution in [0.4, 0.5) is 0 Å². The van der Waals surface area contributed by atoms with E-state index in [0.717, 1.165) is 11.4 Å². The number of carbonyl (C=O) groups excluding carboxylic acids is 1. The van der Waals surface area contributed by atoms with Crippen molar-refractivity contribution in [3.8, 4) is 5.75 Å². The standard InChI is InChI=1S/C17H22N2O3/c1-4-17(21)14-5-7-16(8-6-14)22-11-15(20)10-19-13(3)9-12(2)18-19/h5-9,15,20H,4,10-11H2,1-3H3/t15-/m1/s1. The summed E-state index contributed by atoms with van der Waals surface area (Å²) < 4.78 is 7.32. The predicted octanol–water partition coefficient (Wildman–Crippen LogP) is 2.53. The summed E-state index contributed by atoms with van der Waals surface area (Å²) in [4.78, 5) is 11.5. The van der Waals surface area contributed by atoms with Crippen molar-refractivity contribution in [2.45, 2.75) is 39.8 Å². The molecule has 1 N–H and O–H groups in total. The van der Waals surface area contributed by atoms with Gasteiger partial charge in [0.2, 0.25) is 0 Å². The molecular weight excluding hydrogens is 280 g/mol. The molecule has 1 atom stereocenters. The quantitative estimate of drug-likeness (QED) is 0.798. The van der Waals surface area contributed by atoms with Gasteiger partial charge < -0.3 is 9.84 Å². The molecule has 1 aromatic carbocycles. The topological polar surface area (TPSA) is 64.3 Å². The summed E-state index contributed by atoms with van der Waals surface area (Å²) in [7, 11) is 0. The van der Waals surface area contributed by atoms with E-state index in [9.17, 15) is 9.90 Å². The molecule has 0 amide bonds. The first kappa shape index (κ1) is 16.2. The molecule has 1 heterocycles. The maximum absolute atomic E-state index is 11.5. The summed E-state index contributed by atoms with van der Waals surface area (Å²) in [5, 5.41) is 14.3. The summed E-state index contributed by atoms with van der Waals surface area (Å²) in [6, 6.07) is 8.96. The number of aliphatic hydroxyl groups is 1. The first-order valence-corrected chi connectivity index (χ1v) is 7.44. The number of rotatable bonds is 7. The van der Waals surface area contributed by atoms with Gasteiger partial charge in [0.1, 0.15) is 18.5 Å². The number of benzene rings is 1. The predicted molar refractivity (Wildman–Crippen MR) is 84.3 cm³/mol. The third-order valence-electron chi connectivity index (χ3n) is 3.43. The highest BCUT2D eigenvalue weighted by Gasteiger charge is 2.10. The minimum atomic E-state index is -0.644. The number of Topliss-reactive ketones (excluding diaryl/α,β-unsaturated/α-hetero) is 1. The van der Waals surface area contributed by atoms with Crippen molar-refractivity contribution in [2.24, 2.45) is 0 Å². The summed E-state index contributed by atoms with van der Waals surface area (Å²) in [6.07, 6.45) is -0.156. The highest BCUT2D eigenvalue weighted by atomic mass is 16.5. The van der Waals surface area contributed by atoms with Crippen molar-refractivity contribution in [2.75, 3.05) is 6.61 Å². The number of nitrogens with zero attached hydrogens (tertiary/aromatic N) is 2. The van der Waals surface area contributed by atoms with Crippen LogP contribution in [-0.2, 0) is 6.54 Å². The van der Waals surface area contributed by atoms with Crippen LogP contribution in [-0.4, -0.2) is 33.4 Å². The zero-order valence-corrected chi connectivity index (χ0v) is 13.2. The lowest BCUT2D eigenvalue weighted by Crippen LogP contribution is -2.24. The normalized spacial score (nSPS) is 12.2. The van der Waals surface area contributed by atoms with E-state index < -0.39 is 6.10 Å². The second-order valence-corrected chi connectivity index (χ2v) is 5.38. The van der Waals surface area contributed by atoms with Crippen LogP contribution in [0.5, 0.6) is 5.75 Å². The molecule has 2 rings (SSSR count). The largest absolute Gasteiger partial charge is 0.491 e. The molecule has 0 bridgehead atoms. The zero-order chi connectivity index (χ0) is 16.1. The second kappa shape index (κ2) is 7.22. The lowest BCUT2D eigenvalue weighted by Gasteiger charge is -2.13. The van der Waals surface area contributed by atoms with Crippen molar-refractivity contribution in [1.29, 1.82) is 0 Å². The second-order valence-electron chi connectivity index (χ2n) is 5.38. The van der Waals surface area contributed by atoms with E-state index in [2.05, 4.69) is 5.10 Å². The number of aliphatic hydroxyl groups excluding tert-OH is 1. The van der Waals surface area contributed by atoms with Crippen molar-refractivity contribution in [1.82, 2.24) is 9.78 Å². The van der Waals surface area contributed by atoms with Crippen LogP contribution in [0, 0.1) is 13.8 Å². The number of hydrogen-bond acceptors (Lipinski definition) is 4. The van der Waals surface area contributed by atoms with E-state index in [-0.39, 0.29) is 12.4 Å². The fraction of sp³-hybridized carbons (Fsp3) is 0.412. The first-order valence-electron chi connectivity index (χ1n) is 7.44. The molecule has 0 spiro atoms. The van der Waals surface area contributed by atoms with E-state index in [1.165, 1.54) is 0 Å². The Kier molecular flexibility index (Phi) is 5.33. The Balaban J connectivity index is 1.87. The number of hydrogen-bond donors (Lipinski definition) is 1. The number of ketones is 1. The van der Waals surface area contributed by atoms with Crippen LogP contribution >= 0.6 is 0 Å². The SMILES string of the molecule is CCC(=O)c1ccc(OC[C@H](O)Cn2nc(C)cc2C)cc1. The highest BCUT2D eigenvalue weighted by Crippen LogP contribution is 2.14. The minimum absolute atomic E-state index is 0.108. The van der Waals surface area contributed by atoms with Gasteiger partial charge >= 0.3 is 0 Å². The van der Waals surface area contributed by atoms with E-state index in [1.807, 2.05) is 26.8 Å². The molecule has 0 radical (unpaired) electrons. The molecule has 118 valence electrons. The molecular formula is C17H22N2O3. The Hall–Kier alpha value is -2.14. The maximum atomic E-state index is 11.5. The zero-order valence-electron chi connectivity index (χ0n) is 13.2. The molecule has 1 aromatic heterocycles. The van der Waals surface area contributed by atoms with E-state index in [1.54, 1.807) is 28.9 Å². The van der Waals surface area contributed by atoms with Gasteiger partial charge in [-0.1, -0.05) is 6.92 Å². The van der Waals surface area contributed by atoms with Gasteiger partial charge in [-0.25, -0.2) is 0 Å². The Morgan fingerprint density at radius 1 is 1.32 bits per heavy atom. The lowest BCUT2D eigenvalue weighted by atomic mass is 10.1. The van der Waals surface area contributed by atoms with Crippen LogP contribution < -0.4 is 4.74 Å². The summed E-state index contributed by atoms with van der Waals surface area (Å²) in [5.74, 6) is 0.746. The molecule has 0 aliphatic heterocycles. The summed E-state index contributed by atoms with van der Waals surface area (Å²) >= 11 is 0. The monoisotopic (exact) mass is 302 g/mol. The van der Waals surface area contributed by atoms with Crippen LogP contribution in [0.1, 0.15) is 35.1 Å². The number of aryl methyl sites for hydroxylation is 2. The van der Waals surface area contributed by atoms with E-state index in [4.69, 9.17) is 4.74 Å². The van der Waals surface area contributed by atoms with Gasteiger partial charge in [-0.15, -0.1) is 0 Å². The minimum Gasteiger partial charge on any atom is -0.491 e. The molecule has 0 saturated heterocycles. The van der Waals surface area contributed by atoms with Gasteiger partial charge in [0, 0.05) is 17.7 Å². The Morgan fingerprint density at radius 3 is 2.55 bits per heavy atom. The molecule has 5 nitrogen and oxygen atoms in total. The van der Waals surface area contributed by atoms with Crippen molar-refractivity contribution in [3.63, 3.8) is 0 Å². The fourth-order valence-electron chi connectivity index (χ4n) is 2.25. The molecule has 2 aromatic rings. The third kappa shape index (κ3) is 4.18. The molecule has 5 heteroatoms. The van der Waals surface area contributed by atoms with Gasteiger partial charge in [0.25, 0.3) is 0 Å². The summed E-state index contributed by atoms with van der Waals surface area (Å²) in [6.45, 7) is 6.29. The van der Waals surface area contributed by atoms with Crippen molar-refractivity contribution >= 4 is 5.78 Å². The summed E-state index contributed by atoms with van der Waals surface area (Å²) in [5.41, 5.74) is 2.62. The Morgan fingerprint density at radius 2 is 2.00 bits per heavy atom. The maximum Gasteiger partial charge on any atom is 0.162 e. The van der Waals surface area contributed by atoms with E-state index >= 15 is 0 Å². The van der Waals surface area contributed by atoms with Gasteiger partial charge in [-0.2, -0.15) is 5.10 Å². The van der Waals surface area contributed by atoms with Gasteiger partial charge in [-0.05, 0) is 44.2 Å². The Bertz CT molecular complexity index is 632. The average molecular weight is 302 g/mol. The average Bonchev–Trinajstić information content (AvgIpc) is 2.82. The molecule has 0 fully saturated rings. The molecule has 0 aliphatic rings. The molecule has 0 unspecified atom stereocenters. The highest BCUT2D eigenvalue weighted by molar-refractivity contribution is 5.95. The Labute approximate surface area is 130 Å². The van der Waals surface area contributed by atoms with Crippen LogP contribution in [0.3, 0.4) is 0 Å². The number of aromatic nitrogens is 2. The van der Waals surface area contributed by atoms with Gasteiger partial charge in [0.05, 0.1) is 12.2 Å². The number of ether oxygens (including phenoxy) is 1. The fourth-order valence-corrected chi connectivity index (χ4v) is 2.25. The number of carbonyl (C=O) groups is 1. The third-order valence-corrected chi connectivity index (χ3v) is 3.43. The van der Waals surface area contributed by atoms with Crippen LogP contribution in [0.2, 0.25) is 0 Å². The molecule has 0 aliphatic carbocycles. The lowest BCUT2D eigenvalue weighted by molar-refractivity contribution is 0.0886. The van der Waals surface area contributed by atoms with Crippen LogP contribution in [0.25, 0.3) is 0 Å². The first-order chi connectivity index (χ1) is 10.5. The van der Waals surface area contributed by atoms with Gasteiger partial charge in [0.15, 0.2) is 5.78 Å². The van der Waals surface area contributed by atoms with E-state index in [0.29, 0.717) is 24.3 Å². The van der Waals surface area contributed by atoms with Crippen molar-refractivity contribution < 1.29 is 14.6 Å². The van der Waals surface area contributed by atoms with Crippen molar-refractivity contribution in [3.05, 3.63) is 47.3 Å².